The van der Waals surface area contributed by atoms with Gasteiger partial charge in [-0.25, -0.2) is 9.80 Å². The average molecular weight is 295 g/mol. The van der Waals surface area contributed by atoms with Crippen molar-refractivity contribution in [3.05, 3.63) is 29.8 Å². The van der Waals surface area contributed by atoms with Gasteiger partial charge in [-0.1, -0.05) is 0 Å². The number of anilines is 1. The van der Waals surface area contributed by atoms with Crippen LogP contribution in [-0.2, 0) is 9.47 Å². The molecule has 1 aliphatic rings. The molecular formula is C13H17N3O3S. The molecule has 20 heavy (non-hydrogen) atoms. The van der Waals surface area contributed by atoms with E-state index in [9.17, 15) is 4.79 Å². The highest BCUT2D eigenvalue weighted by Crippen LogP contribution is 2.10. The average Bonchev–Trinajstić information content (AvgIpc) is 2.48. The molecule has 2 rings (SSSR count). The van der Waals surface area contributed by atoms with E-state index in [4.69, 9.17) is 17.0 Å². The van der Waals surface area contributed by atoms with E-state index in [0.717, 1.165) is 18.8 Å². The van der Waals surface area contributed by atoms with Crippen LogP contribution in [0.4, 0.5) is 5.69 Å². The van der Waals surface area contributed by atoms with Crippen LogP contribution in [0.5, 0.6) is 0 Å². The molecule has 1 saturated heterocycles. The number of hydrogen-bond acceptors (Lipinski definition) is 5. The maximum absolute atomic E-state index is 11.3. The minimum absolute atomic E-state index is 0.356. The Morgan fingerprint density at radius 3 is 2.55 bits per heavy atom. The van der Waals surface area contributed by atoms with Gasteiger partial charge < -0.3 is 14.8 Å². The third-order valence-electron chi connectivity index (χ3n) is 2.83. The molecule has 0 atom stereocenters. The molecule has 2 N–H and O–H groups in total. The predicted molar refractivity (Wildman–Crippen MR) is 79.5 cm³/mol. The third kappa shape index (κ3) is 4.16. The third-order valence-corrected chi connectivity index (χ3v) is 3.03. The Morgan fingerprint density at radius 1 is 1.30 bits per heavy atom. The molecule has 1 aromatic carbocycles. The SMILES string of the molecule is COC(=O)c1ccc(NC(=S)NN2CCOCC2)cc1. The van der Waals surface area contributed by atoms with Gasteiger partial charge in [-0.2, -0.15) is 0 Å². The first-order valence-corrected chi connectivity index (χ1v) is 6.68. The summed E-state index contributed by atoms with van der Waals surface area (Å²) in [7, 11) is 1.36. The van der Waals surface area contributed by atoms with Crippen molar-refractivity contribution >= 4 is 29.0 Å². The van der Waals surface area contributed by atoms with Crippen LogP contribution in [-0.4, -0.2) is 49.5 Å². The van der Waals surface area contributed by atoms with Crippen molar-refractivity contribution in [2.45, 2.75) is 0 Å². The zero-order valence-electron chi connectivity index (χ0n) is 11.2. The fourth-order valence-electron chi connectivity index (χ4n) is 1.79. The lowest BCUT2D eigenvalue weighted by Crippen LogP contribution is -2.49. The van der Waals surface area contributed by atoms with Crippen LogP contribution < -0.4 is 10.7 Å². The maximum atomic E-state index is 11.3. The number of thiocarbonyl (C=S) groups is 1. The Balaban J connectivity index is 1.85. The number of methoxy groups -OCH3 is 1. The molecule has 1 fully saturated rings. The first-order valence-electron chi connectivity index (χ1n) is 6.28. The van der Waals surface area contributed by atoms with Crippen LogP contribution in [0, 0.1) is 0 Å². The summed E-state index contributed by atoms with van der Waals surface area (Å²) in [6.45, 7) is 2.99. The van der Waals surface area contributed by atoms with Gasteiger partial charge in [0.1, 0.15) is 0 Å². The van der Waals surface area contributed by atoms with Crippen molar-refractivity contribution in [3.63, 3.8) is 0 Å². The number of morpholine rings is 1. The molecule has 0 bridgehead atoms. The highest BCUT2D eigenvalue weighted by Gasteiger charge is 2.11. The second-order valence-corrected chi connectivity index (χ2v) is 4.64. The molecule has 0 spiro atoms. The van der Waals surface area contributed by atoms with Crippen LogP contribution in [0.25, 0.3) is 0 Å². The molecule has 1 aromatic rings. The summed E-state index contributed by atoms with van der Waals surface area (Å²) >= 11 is 5.23. The monoisotopic (exact) mass is 295 g/mol. The van der Waals surface area contributed by atoms with Crippen molar-refractivity contribution in [1.82, 2.24) is 10.4 Å². The summed E-state index contributed by atoms with van der Waals surface area (Å²) in [6, 6.07) is 6.93. The zero-order chi connectivity index (χ0) is 14.4. The molecule has 0 radical (unpaired) electrons. The quantitative estimate of drug-likeness (QED) is 0.637. The molecule has 108 valence electrons. The topological polar surface area (TPSA) is 62.8 Å². The molecule has 0 unspecified atom stereocenters. The van der Waals surface area contributed by atoms with Crippen molar-refractivity contribution in [3.8, 4) is 0 Å². The lowest BCUT2D eigenvalue weighted by atomic mass is 10.2. The molecule has 0 aromatic heterocycles. The Kier molecular flexibility index (Phi) is 5.28. The van der Waals surface area contributed by atoms with E-state index in [1.54, 1.807) is 24.3 Å². The van der Waals surface area contributed by atoms with Gasteiger partial charge in [0.05, 0.1) is 25.9 Å². The summed E-state index contributed by atoms with van der Waals surface area (Å²) in [5.74, 6) is -0.356. The molecule has 7 heteroatoms. The Bertz CT molecular complexity index is 472. The minimum atomic E-state index is -0.356. The number of esters is 1. The molecule has 0 saturated carbocycles. The van der Waals surface area contributed by atoms with E-state index in [1.807, 2.05) is 5.01 Å². The number of carbonyl (C=O) groups excluding carboxylic acids is 1. The van der Waals surface area contributed by atoms with E-state index in [1.165, 1.54) is 7.11 Å². The van der Waals surface area contributed by atoms with Crippen LogP contribution in [0.2, 0.25) is 0 Å². The lowest BCUT2D eigenvalue weighted by Gasteiger charge is -2.28. The summed E-state index contributed by atoms with van der Waals surface area (Å²) in [4.78, 5) is 11.3. The number of hydrazine groups is 1. The number of rotatable bonds is 3. The Hall–Kier alpha value is -1.70. The molecular weight excluding hydrogens is 278 g/mol. The predicted octanol–water partition coefficient (Wildman–Crippen LogP) is 1.01. The minimum Gasteiger partial charge on any atom is -0.465 e. The first-order chi connectivity index (χ1) is 9.69. The van der Waals surface area contributed by atoms with Gasteiger partial charge in [-0.15, -0.1) is 0 Å². The zero-order valence-corrected chi connectivity index (χ0v) is 12.0. The van der Waals surface area contributed by atoms with E-state index in [-0.39, 0.29) is 5.97 Å². The number of ether oxygens (including phenoxy) is 2. The van der Waals surface area contributed by atoms with Gasteiger partial charge in [0.15, 0.2) is 5.11 Å². The van der Waals surface area contributed by atoms with Crippen LogP contribution in [0.15, 0.2) is 24.3 Å². The smallest absolute Gasteiger partial charge is 0.337 e. The Morgan fingerprint density at radius 2 is 1.95 bits per heavy atom. The van der Waals surface area contributed by atoms with Gasteiger partial charge in [-0.05, 0) is 36.5 Å². The van der Waals surface area contributed by atoms with Crippen LogP contribution in [0.3, 0.4) is 0 Å². The Labute approximate surface area is 123 Å². The fraction of sp³-hybridized carbons (Fsp3) is 0.385. The molecule has 0 aliphatic carbocycles. The second kappa shape index (κ2) is 7.18. The van der Waals surface area contributed by atoms with Gasteiger partial charge in [0, 0.05) is 18.8 Å². The molecule has 1 aliphatic heterocycles. The first kappa shape index (κ1) is 14.7. The fourth-order valence-corrected chi connectivity index (χ4v) is 2.03. The van der Waals surface area contributed by atoms with Gasteiger partial charge in [-0.3, -0.25) is 5.43 Å². The van der Waals surface area contributed by atoms with E-state index < -0.39 is 0 Å². The van der Waals surface area contributed by atoms with Crippen molar-refractivity contribution in [2.75, 3.05) is 38.7 Å². The van der Waals surface area contributed by atoms with Crippen molar-refractivity contribution in [1.29, 1.82) is 0 Å². The van der Waals surface area contributed by atoms with Crippen molar-refractivity contribution in [2.24, 2.45) is 0 Å². The van der Waals surface area contributed by atoms with Crippen molar-refractivity contribution < 1.29 is 14.3 Å². The second-order valence-electron chi connectivity index (χ2n) is 4.23. The number of carbonyl (C=O) groups is 1. The highest BCUT2D eigenvalue weighted by molar-refractivity contribution is 7.80. The molecule has 6 nitrogen and oxygen atoms in total. The van der Waals surface area contributed by atoms with E-state index >= 15 is 0 Å². The normalized spacial score (nSPS) is 15.4. The van der Waals surface area contributed by atoms with E-state index in [0.29, 0.717) is 23.9 Å². The standard InChI is InChI=1S/C13H17N3O3S/c1-18-12(17)10-2-4-11(5-3-10)14-13(20)15-16-6-8-19-9-7-16/h2-5H,6-9H2,1H3,(H2,14,15,20). The van der Waals surface area contributed by atoms with Crippen LogP contribution >= 0.6 is 12.2 Å². The number of benzene rings is 1. The summed E-state index contributed by atoms with van der Waals surface area (Å²) in [5.41, 5.74) is 4.41. The summed E-state index contributed by atoms with van der Waals surface area (Å²) in [6.07, 6.45) is 0. The lowest BCUT2D eigenvalue weighted by molar-refractivity contribution is 0.0252. The number of nitrogens with zero attached hydrogens (tertiary/aromatic N) is 1. The summed E-state index contributed by atoms with van der Waals surface area (Å²) in [5, 5.41) is 5.57. The van der Waals surface area contributed by atoms with Crippen LogP contribution in [0.1, 0.15) is 10.4 Å². The molecule has 1 heterocycles. The van der Waals surface area contributed by atoms with Gasteiger partial charge >= 0.3 is 5.97 Å². The van der Waals surface area contributed by atoms with Gasteiger partial charge in [0.2, 0.25) is 0 Å². The number of hydrogen-bond donors (Lipinski definition) is 2. The van der Waals surface area contributed by atoms with E-state index in [2.05, 4.69) is 15.5 Å². The number of nitrogens with one attached hydrogen (secondary N) is 2. The summed E-state index contributed by atoms with van der Waals surface area (Å²) < 4.78 is 9.90. The largest absolute Gasteiger partial charge is 0.465 e. The highest BCUT2D eigenvalue weighted by atomic mass is 32.1. The van der Waals surface area contributed by atoms with Gasteiger partial charge in [0.25, 0.3) is 0 Å². The maximum Gasteiger partial charge on any atom is 0.337 e. The molecule has 0 amide bonds.